The summed E-state index contributed by atoms with van der Waals surface area (Å²) in [5.41, 5.74) is 2.03. The predicted octanol–water partition coefficient (Wildman–Crippen LogP) is 1.18. The van der Waals surface area contributed by atoms with Crippen molar-refractivity contribution in [3.05, 3.63) is 24.0 Å². The highest BCUT2D eigenvalue weighted by molar-refractivity contribution is 7.84. The molecule has 72 valence electrons. The number of hydrogen-bond acceptors (Lipinski definition) is 3. The first-order chi connectivity index (χ1) is 6.18. The van der Waals surface area contributed by atoms with Crippen LogP contribution in [0.1, 0.15) is 5.69 Å². The van der Waals surface area contributed by atoms with Crippen LogP contribution < -0.4 is 5.32 Å². The van der Waals surface area contributed by atoms with E-state index >= 15 is 0 Å². The third-order valence-corrected chi connectivity index (χ3v) is 2.39. The molecule has 0 saturated heterocycles. The van der Waals surface area contributed by atoms with Crippen LogP contribution in [0.5, 0.6) is 0 Å². The highest BCUT2D eigenvalue weighted by Crippen LogP contribution is 2.05. The Kier molecular flexibility index (Phi) is 3.89. The molecule has 0 aliphatic rings. The molecular formula is C9H14N2OS. The van der Waals surface area contributed by atoms with Crippen LogP contribution >= 0.6 is 0 Å². The van der Waals surface area contributed by atoms with E-state index in [-0.39, 0.29) is 0 Å². The lowest BCUT2D eigenvalue weighted by Gasteiger charge is -2.04. The van der Waals surface area contributed by atoms with Crippen LogP contribution in [-0.4, -0.2) is 27.7 Å². The van der Waals surface area contributed by atoms with Gasteiger partial charge in [0.2, 0.25) is 0 Å². The fourth-order valence-electron chi connectivity index (χ4n) is 0.995. The minimum absolute atomic E-state index is 0.682. The van der Waals surface area contributed by atoms with E-state index in [1.807, 2.05) is 19.1 Å². The summed E-state index contributed by atoms with van der Waals surface area (Å²) >= 11 is 0. The molecule has 0 saturated carbocycles. The maximum Gasteiger partial charge on any atom is 0.0405 e. The maximum absolute atomic E-state index is 10.8. The van der Waals surface area contributed by atoms with Crippen molar-refractivity contribution in [3.8, 4) is 0 Å². The second-order valence-electron chi connectivity index (χ2n) is 2.89. The lowest BCUT2D eigenvalue weighted by Crippen LogP contribution is -2.09. The van der Waals surface area contributed by atoms with E-state index in [2.05, 4.69) is 10.3 Å². The lowest BCUT2D eigenvalue weighted by molar-refractivity contribution is 0.687. The third kappa shape index (κ3) is 4.03. The highest BCUT2D eigenvalue weighted by atomic mass is 32.2. The SMILES string of the molecule is Cc1cc(NCCS(C)=O)ccn1. The largest absolute Gasteiger partial charge is 0.384 e. The summed E-state index contributed by atoms with van der Waals surface area (Å²) in [5, 5.41) is 3.18. The summed E-state index contributed by atoms with van der Waals surface area (Å²) < 4.78 is 10.8. The predicted molar refractivity (Wildman–Crippen MR) is 56.4 cm³/mol. The first-order valence-electron chi connectivity index (χ1n) is 4.15. The van der Waals surface area contributed by atoms with E-state index in [0.29, 0.717) is 5.75 Å². The molecule has 1 atom stereocenters. The molecule has 0 amide bonds. The number of aromatic nitrogens is 1. The molecule has 4 heteroatoms. The van der Waals surface area contributed by atoms with Gasteiger partial charge in [-0.15, -0.1) is 0 Å². The Morgan fingerprint density at radius 1 is 1.62 bits per heavy atom. The van der Waals surface area contributed by atoms with Crippen molar-refractivity contribution < 1.29 is 4.21 Å². The van der Waals surface area contributed by atoms with Gasteiger partial charge in [-0.2, -0.15) is 0 Å². The Morgan fingerprint density at radius 2 is 2.38 bits per heavy atom. The monoisotopic (exact) mass is 198 g/mol. The molecule has 0 spiro atoms. The van der Waals surface area contributed by atoms with E-state index in [1.165, 1.54) is 0 Å². The quantitative estimate of drug-likeness (QED) is 0.790. The number of nitrogens with one attached hydrogen (secondary N) is 1. The molecule has 0 radical (unpaired) electrons. The van der Waals surface area contributed by atoms with Gasteiger partial charge < -0.3 is 5.32 Å². The van der Waals surface area contributed by atoms with Crippen molar-refractivity contribution >= 4 is 16.5 Å². The molecule has 1 aromatic heterocycles. The summed E-state index contributed by atoms with van der Waals surface area (Å²) in [5.74, 6) is 0.682. The van der Waals surface area contributed by atoms with E-state index < -0.39 is 10.8 Å². The van der Waals surface area contributed by atoms with Crippen molar-refractivity contribution in [2.45, 2.75) is 6.92 Å². The van der Waals surface area contributed by atoms with Crippen LogP contribution in [0, 0.1) is 6.92 Å². The molecule has 1 unspecified atom stereocenters. The van der Waals surface area contributed by atoms with Crippen molar-refractivity contribution in [3.63, 3.8) is 0 Å². The molecule has 13 heavy (non-hydrogen) atoms. The van der Waals surface area contributed by atoms with Gasteiger partial charge in [0.1, 0.15) is 0 Å². The maximum atomic E-state index is 10.8. The van der Waals surface area contributed by atoms with Crippen molar-refractivity contribution in [1.29, 1.82) is 0 Å². The van der Waals surface area contributed by atoms with Crippen LogP contribution in [0.25, 0.3) is 0 Å². The number of pyridine rings is 1. The first-order valence-corrected chi connectivity index (χ1v) is 5.88. The molecule has 3 nitrogen and oxygen atoms in total. The molecule has 0 fully saturated rings. The van der Waals surface area contributed by atoms with Crippen LogP contribution in [-0.2, 0) is 10.8 Å². The van der Waals surface area contributed by atoms with E-state index in [9.17, 15) is 4.21 Å². The summed E-state index contributed by atoms with van der Waals surface area (Å²) in [7, 11) is -0.723. The molecule has 0 bridgehead atoms. The summed E-state index contributed by atoms with van der Waals surface area (Å²) in [4.78, 5) is 4.08. The fraction of sp³-hybridized carbons (Fsp3) is 0.444. The Morgan fingerprint density at radius 3 is 3.00 bits per heavy atom. The topological polar surface area (TPSA) is 42.0 Å². The zero-order chi connectivity index (χ0) is 9.68. The number of rotatable bonds is 4. The van der Waals surface area contributed by atoms with E-state index in [1.54, 1.807) is 12.5 Å². The number of nitrogens with zero attached hydrogens (tertiary/aromatic N) is 1. The van der Waals surface area contributed by atoms with Gasteiger partial charge in [0.15, 0.2) is 0 Å². The molecule has 1 N–H and O–H groups in total. The van der Waals surface area contributed by atoms with E-state index in [4.69, 9.17) is 0 Å². The van der Waals surface area contributed by atoms with Crippen LogP contribution in [0.2, 0.25) is 0 Å². The summed E-state index contributed by atoms with van der Waals surface area (Å²) in [6.07, 6.45) is 3.47. The second-order valence-corrected chi connectivity index (χ2v) is 4.44. The standard InChI is InChI=1S/C9H14N2OS/c1-8-7-9(3-4-10-8)11-5-6-13(2)12/h3-4,7H,5-6H2,1-2H3,(H,10,11). The summed E-state index contributed by atoms with van der Waals surface area (Å²) in [6, 6.07) is 3.88. The zero-order valence-electron chi connectivity index (χ0n) is 7.91. The molecule has 0 aromatic carbocycles. The van der Waals surface area contributed by atoms with Crippen molar-refractivity contribution in [2.75, 3.05) is 23.9 Å². The Hall–Kier alpha value is -0.900. The van der Waals surface area contributed by atoms with Gasteiger partial charge in [-0.1, -0.05) is 0 Å². The molecule has 1 rings (SSSR count). The molecule has 1 aromatic rings. The van der Waals surface area contributed by atoms with Gasteiger partial charge in [-0.05, 0) is 19.1 Å². The Balaban J connectivity index is 2.41. The van der Waals surface area contributed by atoms with Crippen LogP contribution in [0.15, 0.2) is 18.3 Å². The van der Waals surface area contributed by atoms with Gasteiger partial charge >= 0.3 is 0 Å². The minimum atomic E-state index is -0.723. The average molecular weight is 198 g/mol. The number of hydrogen-bond donors (Lipinski definition) is 1. The molecule has 1 heterocycles. The lowest BCUT2D eigenvalue weighted by atomic mass is 10.3. The Bertz CT molecular complexity index is 301. The summed E-state index contributed by atoms with van der Waals surface area (Å²) in [6.45, 7) is 2.69. The minimum Gasteiger partial charge on any atom is -0.384 e. The van der Waals surface area contributed by atoms with E-state index in [0.717, 1.165) is 17.9 Å². The van der Waals surface area contributed by atoms with Crippen LogP contribution in [0.4, 0.5) is 5.69 Å². The molecule has 0 aliphatic carbocycles. The third-order valence-electron chi connectivity index (χ3n) is 1.62. The normalized spacial score (nSPS) is 12.5. The molecular weight excluding hydrogens is 184 g/mol. The second kappa shape index (κ2) is 4.97. The van der Waals surface area contributed by atoms with Gasteiger partial charge in [-0.3, -0.25) is 9.19 Å². The smallest absolute Gasteiger partial charge is 0.0405 e. The molecule has 0 aliphatic heterocycles. The van der Waals surface area contributed by atoms with Gasteiger partial charge in [0.25, 0.3) is 0 Å². The zero-order valence-corrected chi connectivity index (χ0v) is 8.73. The Labute approximate surface area is 81.0 Å². The average Bonchev–Trinajstić information content (AvgIpc) is 2.03. The van der Waals surface area contributed by atoms with Crippen molar-refractivity contribution in [1.82, 2.24) is 4.98 Å². The van der Waals surface area contributed by atoms with Gasteiger partial charge in [0, 0.05) is 46.9 Å². The van der Waals surface area contributed by atoms with Gasteiger partial charge in [-0.25, -0.2) is 0 Å². The van der Waals surface area contributed by atoms with Crippen LogP contribution in [0.3, 0.4) is 0 Å². The van der Waals surface area contributed by atoms with Gasteiger partial charge in [0.05, 0.1) is 0 Å². The fourth-order valence-corrected chi connectivity index (χ4v) is 1.38. The first kappa shape index (κ1) is 10.2. The highest BCUT2D eigenvalue weighted by Gasteiger charge is 1.93. The number of anilines is 1. The number of aryl methyl sites for hydroxylation is 1. The van der Waals surface area contributed by atoms with Crippen molar-refractivity contribution in [2.24, 2.45) is 0 Å².